The van der Waals surface area contributed by atoms with Crippen LogP contribution in [0, 0.1) is 6.92 Å². The van der Waals surface area contributed by atoms with Crippen LogP contribution in [0.2, 0.25) is 0 Å². The number of morpholine rings is 1. The number of hydrogen-bond acceptors (Lipinski definition) is 6. The van der Waals surface area contributed by atoms with E-state index < -0.39 is 0 Å². The summed E-state index contributed by atoms with van der Waals surface area (Å²) in [6.45, 7) is 7.46. The lowest BCUT2D eigenvalue weighted by Gasteiger charge is -2.35. The van der Waals surface area contributed by atoms with Crippen LogP contribution < -0.4 is 14.8 Å². The zero-order valence-corrected chi connectivity index (χ0v) is 20.9. The predicted molar refractivity (Wildman–Crippen MR) is 135 cm³/mol. The second-order valence-corrected chi connectivity index (χ2v) is 8.59. The van der Waals surface area contributed by atoms with Crippen LogP contribution in [0.25, 0.3) is 5.69 Å². The lowest BCUT2D eigenvalue weighted by atomic mass is 10.0. The van der Waals surface area contributed by atoms with Gasteiger partial charge in [0.15, 0.2) is 11.5 Å². The van der Waals surface area contributed by atoms with Crippen LogP contribution >= 0.6 is 0 Å². The van der Waals surface area contributed by atoms with Crippen LogP contribution in [0.15, 0.2) is 48.7 Å². The van der Waals surface area contributed by atoms with Gasteiger partial charge in [0.1, 0.15) is 0 Å². The number of aryl methyl sites for hydroxylation is 1. The number of carbonyl (C=O) groups excluding carboxylic acids is 1. The van der Waals surface area contributed by atoms with Gasteiger partial charge in [-0.2, -0.15) is 5.10 Å². The fourth-order valence-corrected chi connectivity index (χ4v) is 4.50. The molecule has 2 heterocycles. The van der Waals surface area contributed by atoms with E-state index in [4.69, 9.17) is 14.2 Å². The van der Waals surface area contributed by atoms with E-state index in [-0.39, 0.29) is 11.9 Å². The van der Waals surface area contributed by atoms with E-state index >= 15 is 0 Å². The van der Waals surface area contributed by atoms with Crippen LogP contribution in [-0.2, 0) is 11.2 Å². The summed E-state index contributed by atoms with van der Waals surface area (Å²) >= 11 is 0. The Hall–Kier alpha value is -3.36. The largest absolute Gasteiger partial charge is 0.493 e. The van der Waals surface area contributed by atoms with Crippen molar-refractivity contribution in [3.05, 3.63) is 71.0 Å². The molecule has 0 spiro atoms. The molecule has 0 saturated carbocycles. The monoisotopic (exact) mass is 478 g/mol. The molecule has 1 atom stereocenters. The van der Waals surface area contributed by atoms with E-state index in [0.717, 1.165) is 30.0 Å². The van der Waals surface area contributed by atoms with Crippen LogP contribution in [0.5, 0.6) is 11.5 Å². The predicted octanol–water partition coefficient (Wildman–Crippen LogP) is 3.56. The summed E-state index contributed by atoms with van der Waals surface area (Å²) in [5.41, 5.74) is 4.67. The Labute approximate surface area is 206 Å². The van der Waals surface area contributed by atoms with Crippen molar-refractivity contribution in [3.63, 3.8) is 0 Å². The first-order valence-electron chi connectivity index (χ1n) is 12.0. The van der Waals surface area contributed by atoms with Gasteiger partial charge in [-0.3, -0.25) is 9.69 Å². The normalized spacial score (nSPS) is 15.0. The minimum Gasteiger partial charge on any atom is -0.493 e. The molecule has 1 N–H and O–H groups in total. The molecule has 8 heteroatoms. The van der Waals surface area contributed by atoms with Crippen molar-refractivity contribution in [1.82, 2.24) is 20.0 Å². The summed E-state index contributed by atoms with van der Waals surface area (Å²) in [5.74, 6) is 1.22. The van der Waals surface area contributed by atoms with Crippen LogP contribution in [-0.4, -0.2) is 67.7 Å². The van der Waals surface area contributed by atoms with Gasteiger partial charge in [0.05, 0.1) is 56.6 Å². The van der Waals surface area contributed by atoms with Crippen molar-refractivity contribution in [2.75, 3.05) is 47.1 Å². The maximum atomic E-state index is 13.3. The minimum atomic E-state index is -0.126. The number of aromatic nitrogens is 2. The lowest BCUT2D eigenvalue weighted by Crippen LogP contribution is -2.43. The van der Waals surface area contributed by atoms with Crippen molar-refractivity contribution in [1.29, 1.82) is 0 Å². The van der Waals surface area contributed by atoms with Gasteiger partial charge in [-0.15, -0.1) is 0 Å². The third-order valence-electron chi connectivity index (χ3n) is 6.46. The molecule has 1 fully saturated rings. The molecule has 4 rings (SSSR count). The molecule has 0 aliphatic carbocycles. The maximum absolute atomic E-state index is 13.3. The molecule has 1 amide bonds. The molecular weight excluding hydrogens is 444 g/mol. The van der Waals surface area contributed by atoms with E-state index in [0.29, 0.717) is 43.2 Å². The highest BCUT2D eigenvalue weighted by atomic mass is 16.5. The molecule has 8 nitrogen and oxygen atoms in total. The zero-order chi connectivity index (χ0) is 24.8. The number of rotatable bonds is 9. The van der Waals surface area contributed by atoms with Gasteiger partial charge < -0.3 is 19.5 Å². The second-order valence-electron chi connectivity index (χ2n) is 8.59. The van der Waals surface area contributed by atoms with Gasteiger partial charge in [-0.05, 0) is 43.2 Å². The Morgan fingerprint density at radius 1 is 1.09 bits per heavy atom. The van der Waals surface area contributed by atoms with Gasteiger partial charge in [0.2, 0.25) is 0 Å². The first-order valence-corrected chi connectivity index (χ1v) is 12.0. The Morgan fingerprint density at radius 2 is 1.80 bits per heavy atom. The van der Waals surface area contributed by atoms with Crippen molar-refractivity contribution in [2.45, 2.75) is 26.3 Å². The molecule has 1 aliphatic heterocycles. The Kier molecular flexibility index (Phi) is 8.05. The number of hydrogen-bond donors (Lipinski definition) is 1. The number of carbonyl (C=O) groups is 1. The minimum absolute atomic E-state index is 0.0279. The number of nitrogens with zero attached hydrogens (tertiary/aromatic N) is 3. The van der Waals surface area contributed by atoms with Gasteiger partial charge in [0, 0.05) is 19.6 Å². The van der Waals surface area contributed by atoms with Crippen molar-refractivity contribution in [3.8, 4) is 17.2 Å². The zero-order valence-electron chi connectivity index (χ0n) is 20.9. The summed E-state index contributed by atoms with van der Waals surface area (Å²) in [5, 5.41) is 7.69. The topological polar surface area (TPSA) is 77.8 Å². The van der Waals surface area contributed by atoms with E-state index in [9.17, 15) is 4.79 Å². The molecule has 1 saturated heterocycles. The fraction of sp³-hybridized carbons (Fsp3) is 0.407. The second kappa shape index (κ2) is 11.4. The number of methoxy groups -OCH3 is 2. The quantitative estimate of drug-likeness (QED) is 0.507. The molecule has 3 aromatic rings. The van der Waals surface area contributed by atoms with E-state index in [1.165, 1.54) is 5.56 Å². The summed E-state index contributed by atoms with van der Waals surface area (Å²) in [6.07, 6.45) is 2.35. The summed E-state index contributed by atoms with van der Waals surface area (Å²) in [4.78, 5) is 15.6. The molecule has 0 bridgehead atoms. The van der Waals surface area contributed by atoms with E-state index in [1.807, 2.05) is 54.1 Å². The fourth-order valence-electron chi connectivity index (χ4n) is 4.50. The summed E-state index contributed by atoms with van der Waals surface area (Å²) < 4.78 is 18.3. The van der Waals surface area contributed by atoms with Gasteiger partial charge in [0.25, 0.3) is 5.91 Å². The number of benzene rings is 2. The molecule has 1 unspecified atom stereocenters. The Balaban J connectivity index is 1.56. The van der Waals surface area contributed by atoms with E-state index in [2.05, 4.69) is 22.2 Å². The van der Waals surface area contributed by atoms with Gasteiger partial charge in [-0.25, -0.2) is 4.68 Å². The average molecular weight is 479 g/mol. The number of nitrogens with one attached hydrogen (secondary N) is 1. The highest BCUT2D eigenvalue weighted by Gasteiger charge is 2.25. The van der Waals surface area contributed by atoms with Crippen molar-refractivity contribution in [2.24, 2.45) is 0 Å². The highest BCUT2D eigenvalue weighted by Crippen LogP contribution is 2.32. The Bertz CT molecular complexity index is 1140. The molecule has 1 aromatic heterocycles. The van der Waals surface area contributed by atoms with Crippen molar-refractivity contribution >= 4 is 5.91 Å². The van der Waals surface area contributed by atoms with Gasteiger partial charge in [-0.1, -0.05) is 30.7 Å². The summed E-state index contributed by atoms with van der Waals surface area (Å²) in [7, 11) is 3.25. The SMILES string of the molecule is CCc1c(C(=O)NCC(c2ccc(OC)c(OC)c2)N2CCOCC2)cnn1-c1ccc(C)cc1. The molecule has 35 heavy (non-hydrogen) atoms. The standard InChI is InChI=1S/C27H34N4O4/c1-5-23-22(17-29-31(23)21-9-6-19(2)7-10-21)27(32)28-18-24(30-12-14-35-15-13-30)20-8-11-25(33-3)26(16-20)34-4/h6-11,16-17,24H,5,12-15,18H2,1-4H3,(H,28,32). The molecule has 186 valence electrons. The number of amides is 1. The van der Waals surface area contributed by atoms with Crippen LogP contribution in [0.1, 0.15) is 40.1 Å². The third kappa shape index (κ3) is 5.49. The molecule has 2 aromatic carbocycles. The average Bonchev–Trinajstić information content (AvgIpc) is 3.34. The first-order chi connectivity index (χ1) is 17.0. The first kappa shape index (κ1) is 24.8. The maximum Gasteiger partial charge on any atom is 0.254 e. The van der Waals surface area contributed by atoms with Crippen LogP contribution in [0.4, 0.5) is 0 Å². The smallest absolute Gasteiger partial charge is 0.254 e. The molecule has 1 aliphatic rings. The van der Waals surface area contributed by atoms with E-state index in [1.54, 1.807) is 20.4 Å². The Morgan fingerprint density at radius 3 is 2.46 bits per heavy atom. The van der Waals surface area contributed by atoms with Crippen molar-refractivity contribution < 1.29 is 19.0 Å². The molecular formula is C27H34N4O4. The van der Waals surface area contributed by atoms with Gasteiger partial charge >= 0.3 is 0 Å². The number of ether oxygens (including phenoxy) is 3. The highest BCUT2D eigenvalue weighted by molar-refractivity contribution is 5.95. The van der Waals surface area contributed by atoms with Crippen LogP contribution in [0.3, 0.4) is 0 Å². The summed E-state index contributed by atoms with van der Waals surface area (Å²) in [6, 6.07) is 14.0. The third-order valence-corrected chi connectivity index (χ3v) is 6.46. The lowest BCUT2D eigenvalue weighted by molar-refractivity contribution is 0.0162. The molecule has 0 radical (unpaired) electrons.